The summed E-state index contributed by atoms with van der Waals surface area (Å²) in [6.07, 6.45) is 1.11. The van der Waals surface area contributed by atoms with Crippen molar-refractivity contribution in [2.24, 2.45) is 0 Å². The fourth-order valence-electron chi connectivity index (χ4n) is 2.25. The smallest absolute Gasteiger partial charge is 0.144 e. The Labute approximate surface area is 116 Å². The molecule has 1 aromatic rings. The topological polar surface area (TPSA) is 44.3 Å². The van der Waals surface area contributed by atoms with Gasteiger partial charge >= 0.3 is 0 Å². The number of likely N-dealkylation sites (N-methyl/N-ethyl adjacent to an activating group) is 1. The van der Waals surface area contributed by atoms with E-state index in [-0.39, 0.29) is 0 Å². The standard InChI is InChI=1S/C14H25N5/c1-4-5-15-13-10-12(2)16-14(17-13)11-19-8-6-18(3)7-9-19/h10H,4-9,11H2,1-3H3,(H,15,16,17). The monoisotopic (exact) mass is 263 g/mol. The molecular weight excluding hydrogens is 238 g/mol. The lowest BCUT2D eigenvalue weighted by Crippen LogP contribution is -2.44. The number of rotatable bonds is 5. The molecule has 1 aromatic heterocycles. The van der Waals surface area contributed by atoms with Crippen LogP contribution in [-0.2, 0) is 6.54 Å². The molecule has 0 bridgehead atoms. The molecule has 0 amide bonds. The largest absolute Gasteiger partial charge is 0.370 e. The van der Waals surface area contributed by atoms with E-state index in [1.54, 1.807) is 0 Å². The second-order valence-corrected chi connectivity index (χ2v) is 5.32. The molecule has 1 aliphatic rings. The van der Waals surface area contributed by atoms with E-state index in [1.165, 1.54) is 0 Å². The van der Waals surface area contributed by atoms with Gasteiger partial charge in [0.25, 0.3) is 0 Å². The Morgan fingerprint density at radius 1 is 1.21 bits per heavy atom. The highest BCUT2D eigenvalue weighted by Gasteiger charge is 2.15. The molecule has 0 aromatic carbocycles. The van der Waals surface area contributed by atoms with Crippen LogP contribution in [0.25, 0.3) is 0 Å². The van der Waals surface area contributed by atoms with Crippen molar-refractivity contribution in [2.75, 3.05) is 45.1 Å². The van der Waals surface area contributed by atoms with Gasteiger partial charge in [0, 0.05) is 44.5 Å². The van der Waals surface area contributed by atoms with Crippen molar-refractivity contribution in [1.29, 1.82) is 0 Å². The lowest BCUT2D eigenvalue weighted by atomic mass is 10.3. The Bertz CT molecular complexity index is 399. The van der Waals surface area contributed by atoms with E-state index in [0.717, 1.165) is 63.0 Å². The third-order valence-corrected chi connectivity index (χ3v) is 3.42. The van der Waals surface area contributed by atoms with Gasteiger partial charge in [-0.2, -0.15) is 0 Å². The fraction of sp³-hybridized carbons (Fsp3) is 0.714. The highest BCUT2D eigenvalue weighted by molar-refractivity contribution is 5.35. The summed E-state index contributed by atoms with van der Waals surface area (Å²) in [5, 5.41) is 3.34. The molecule has 0 saturated carbocycles. The normalized spacial score (nSPS) is 17.6. The minimum Gasteiger partial charge on any atom is -0.370 e. The molecule has 19 heavy (non-hydrogen) atoms. The van der Waals surface area contributed by atoms with E-state index in [1.807, 2.05) is 13.0 Å². The van der Waals surface area contributed by atoms with Crippen LogP contribution < -0.4 is 5.32 Å². The van der Waals surface area contributed by atoms with E-state index in [2.05, 4.69) is 39.1 Å². The summed E-state index contributed by atoms with van der Waals surface area (Å²) < 4.78 is 0. The zero-order chi connectivity index (χ0) is 13.7. The summed E-state index contributed by atoms with van der Waals surface area (Å²) >= 11 is 0. The molecular formula is C14H25N5. The van der Waals surface area contributed by atoms with Gasteiger partial charge in [-0.25, -0.2) is 9.97 Å². The molecule has 106 valence electrons. The SMILES string of the molecule is CCCNc1cc(C)nc(CN2CCN(C)CC2)n1. The predicted molar refractivity (Wildman–Crippen MR) is 78.3 cm³/mol. The van der Waals surface area contributed by atoms with E-state index in [0.29, 0.717) is 0 Å². The average Bonchev–Trinajstić information content (AvgIpc) is 2.38. The van der Waals surface area contributed by atoms with Crippen molar-refractivity contribution in [3.05, 3.63) is 17.6 Å². The fourth-order valence-corrected chi connectivity index (χ4v) is 2.25. The van der Waals surface area contributed by atoms with Crippen molar-refractivity contribution < 1.29 is 0 Å². The van der Waals surface area contributed by atoms with Crippen LogP contribution >= 0.6 is 0 Å². The number of hydrogen-bond donors (Lipinski definition) is 1. The Kier molecular flexibility index (Phi) is 5.10. The third kappa shape index (κ3) is 4.44. The van der Waals surface area contributed by atoms with Crippen molar-refractivity contribution in [2.45, 2.75) is 26.8 Å². The Morgan fingerprint density at radius 3 is 2.63 bits per heavy atom. The van der Waals surface area contributed by atoms with Crippen LogP contribution in [0.3, 0.4) is 0 Å². The molecule has 0 spiro atoms. The molecule has 0 aliphatic carbocycles. The van der Waals surface area contributed by atoms with Crippen LogP contribution in [0, 0.1) is 6.92 Å². The van der Waals surface area contributed by atoms with Gasteiger partial charge < -0.3 is 10.2 Å². The first-order valence-corrected chi connectivity index (χ1v) is 7.16. The van der Waals surface area contributed by atoms with Crippen molar-refractivity contribution in [1.82, 2.24) is 19.8 Å². The molecule has 2 rings (SSSR count). The van der Waals surface area contributed by atoms with Gasteiger partial charge in [-0.3, -0.25) is 4.90 Å². The van der Waals surface area contributed by atoms with Gasteiger partial charge in [-0.1, -0.05) is 6.92 Å². The number of aromatic nitrogens is 2. The zero-order valence-electron chi connectivity index (χ0n) is 12.3. The summed E-state index contributed by atoms with van der Waals surface area (Å²) in [6.45, 7) is 10.5. The van der Waals surface area contributed by atoms with Gasteiger partial charge in [0.1, 0.15) is 11.6 Å². The maximum atomic E-state index is 4.61. The Balaban J connectivity index is 1.97. The van der Waals surface area contributed by atoms with Gasteiger partial charge in [-0.05, 0) is 20.4 Å². The van der Waals surface area contributed by atoms with Crippen LogP contribution in [0.1, 0.15) is 24.9 Å². The highest BCUT2D eigenvalue weighted by Crippen LogP contribution is 2.09. The van der Waals surface area contributed by atoms with Crippen LogP contribution in [0.2, 0.25) is 0 Å². The highest BCUT2D eigenvalue weighted by atomic mass is 15.3. The summed E-state index contributed by atoms with van der Waals surface area (Å²) in [6, 6.07) is 2.02. The molecule has 1 N–H and O–H groups in total. The van der Waals surface area contributed by atoms with Crippen molar-refractivity contribution in [3.63, 3.8) is 0 Å². The molecule has 1 aliphatic heterocycles. The summed E-state index contributed by atoms with van der Waals surface area (Å²) in [5.74, 6) is 1.89. The second kappa shape index (κ2) is 6.82. The predicted octanol–water partition coefficient (Wildman–Crippen LogP) is 1.35. The number of hydrogen-bond acceptors (Lipinski definition) is 5. The summed E-state index contributed by atoms with van der Waals surface area (Å²) in [5.41, 5.74) is 1.04. The molecule has 1 saturated heterocycles. The molecule has 0 unspecified atom stereocenters. The maximum absolute atomic E-state index is 4.61. The lowest BCUT2D eigenvalue weighted by molar-refractivity contribution is 0.145. The number of aryl methyl sites for hydroxylation is 1. The summed E-state index contributed by atoms with van der Waals surface area (Å²) in [4.78, 5) is 13.9. The van der Waals surface area contributed by atoms with Crippen LogP contribution in [0.4, 0.5) is 5.82 Å². The first-order valence-electron chi connectivity index (χ1n) is 7.16. The maximum Gasteiger partial charge on any atom is 0.144 e. The van der Waals surface area contributed by atoms with E-state index >= 15 is 0 Å². The molecule has 5 nitrogen and oxygen atoms in total. The quantitative estimate of drug-likeness (QED) is 0.869. The average molecular weight is 263 g/mol. The third-order valence-electron chi connectivity index (χ3n) is 3.42. The van der Waals surface area contributed by atoms with E-state index < -0.39 is 0 Å². The number of nitrogens with zero attached hydrogens (tertiary/aromatic N) is 4. The van der Waals surface area contributed by atoms with Crippen molar-refractivity contribution in [3.8, 4) is 0 Å². The van der Waals surface area contributed by atoms with Crippen LogP contribution in [0.15, 0.2) is 6.07 Å². The minimum absolute atomic E-state index is 0.857. The van der Waals surface area contributed by atoms with Gasteiger partial charge in [0.05, 0.1) is 6.54 Å². The first kappa shape index (κ1) is 14.2. The molecule has 0 atom stereocenters. The molecule has 1 fully saturated rings. The van der Waals surface area contributed by atoms with Crippen LogP contribution in [0.5, 0.6) is 0 Å². The number of piperazine rings is 1. The second-order valence-electron chi connectivity index (χ2n) is 5.32. The van der Waals surface area contributed by atoms with Gasteiger partial charge in [-0.15, -0.1) is 0 Å². The molecule has 5 heteroatoms. The molecule has 0 radical (unpaired) electrons. The van der Waals surface area contributed by atoms with Crippen molar-refractivity contribution >= 4 is 5.82 Å². The minimum atomic E-state index is 0.857. The number of anilines is 1. The lowest BCUT2D eigenvalue weighted by Gasteiger charge is -2.31. The van der Waals surface area contributed by atoms with Gasteiger partial charge in [0.2, 0.25) is 0 Å². The van der Waals surface area contributed by atoms with Gasteiger partial charge in [0.15, 0.2) is 0 Å². The van der Waals surface area contributed by atoms with E-state index in [9.17, 15) is 0 Å². The number of nitrogens with one attached hydrogen (secondary N) is 1. The Morgan fingerprint density at radius 2 is 1.95 bits per heavy atom. The van der Waals surface area contributed by atoms with E-state index in [4.69, 9.17) is 0 Å². The Hall–Kier alpha value is -1.20. The summed E-state index contributed by atoms with van der Waals surface area (Å²) in [7, 11) is 2.17. The van der Waals surface area contributed by atoms with Crippen LogP contribution in [-0.4, -0.2) is 59.5 Å². The zero-order valence-corrected chi connectivity index (χ0v) is 12.3. The first-order chi connectivity index (χ1) is 9.17. The molecule has 2 heterocycles.